The molecule has 0 amide bonds. The zero-order chi connectivity index (χ0) is 16.1. The molecule has 6 heteroatoms. The topological polar surface area (TPSA) is 93.1 Å². The van der Waals surface area contributed by atoms with Crippen molar-refractivity contribution in [2.24, 2.45) is 0 Å². The Labute approximate surface area is 126 Å². The fourth-order valence-corrected chi connectivity index (χ4v) is 1.95. The van der Waals surface area contributed by atoms with Gasteiger partial charge in [-0.25, -0.2) is 4.79 Å². The van der Waals surface area contributed by atoms with Gasteiger partial charge in [0, 0.05) is 11.1 Å². The van der Waals surface area contributed by atoms with E-state index in [1.807, 2.05) is 0 Å². The van der Waals surface area contributed by atoms with E-state index in [0.717, 1.165) is 0 Å². The molecule has 2 aromatic carbocycles. The first-order valence-electron chi connectivity index (χ1n) is 6.37. The minimum Gasteiger partial charge on any atom is -0.493 e. The molecule has 0 spiro atoms. The Balaban J connectivity index is 2.51. The predicted octanol–water partition coefficient (Wildman–Crippen LogP) is 2.49. The number of ether oxygens (including phenoxy) is 2. The fraction of sp³-hybridized carbons (Fsp3) is 0.125. The molecule has 6 nitrogen and oxygen atoms in total. The van der Waals surface area contributed by atoms with Crippen LogP contribution in [0.2, 0.25) is 0 Å². The van der Waals surface area contributed by atoms with Crippen LogP contribution in [0, 0.1) is 0 Å². The van der Waals surface area contributed by atoms with Crippen LogP contribution < -0.4 is 9.47 Å². The maximum atomic E-state index is 11.3. The number of hydrogen-bond acceptors (Lipinski definition) is 5. The molecule has 0 saturated heterocycles. The number of aromatic carboxylic acids is 1. The van der Waals surface area contributed by atoms with Crippen LogP contribution in [0.4, 0.5) is 0 Å². The first-order chi connectivity index (χ1) is 10.6. The number of benzene rings is 2. The number of aliphatic hydroxyl groups is 1. The van der Waals surface area contributed by atoms with Crippen molar-refractivity contribution in [2.75, 3.05) is 7.11 Å². The number of aliphatic hydroxyl groups excluding tert-OH is 1. The van der Waals surface area contributed by atoms with Gasteiger partial charge in [-0.1, -0.05) is 12.1 Å². The monoisotopic (exact) mass is 302 g/mol. The molecule has 2 N–H and O–H groups in total. The molecule has 22 heavy (non-hydrogen) atoms. The largest absolute Gasteiger partial charge is 0.493 e. The normalized spacial score (nSPS) is 10.1. The molecule has 114 valence electrons. The molecule has 0 unspecified atom stereocenters. The SMILES string of the molecule is COc1cccc(CO)c1Oc1ccc(C=O)cc1C(=O)O. The Hall–Kier alpha value is -2.86. The minimum atomic E-state index is -1.22. The zero-order valence-electron chi connectivity index (χ0n) is 11.8. The Kier molecular flexibility index (Phi) is 4.75. The van der Waals surface area contributed by atoms with E-state index in [1.54, 1.807) is 18.2 Å². The van der Waals surface area contributed by atoms with Crippen LogP contribution in [0.5, 0.6) is 17.2 Å². The van der Waals surface area contributed by atoms with Crippen molar-refractivity contribution in [3.05, 3.63) is 53.1 Å². The molecule has 2 rings (SSSR count). The molecule has 0 aliphatic heterocycles. The Morgan fingerprint density at radius 3 is 2.59 bits per heavy atom. The van der Waals surface area contributed by atoms with Gasteiger partial charge >= 0.3 is 5.97 Å². The molecule has 0 heterocycles. The van der Waals surface area contributed by atoms with Gasteiger partial charge in [0.05, 0.1) is 13.7 Å². The van der Waals surface area contributed by atoms with Crippen molar-refractivity contribution >= 4 is 12.3 Å². The summed E-state index contributed by atoms with van der Waals surface area (Å²) in [4.78, 5) is 22.1. The van der Waals surface area contributed by atoms with Crippen molar-refractivity contribution in [1.29, 1.82) is 0 Å². The third-order valence-corrected chi connectivity index (χ3v) is 3.03. The molecule has 0 saturated carbocycles. The molecule has 0 fully saturated rings. The smallest absolute Gasteiger partial charge is 0.339 e. The van der Waals surface area contributed by atoms with Crippen molar-refractivity contribution in [2.45, 2.75) is 6.61 Å². The van der Waals surface area contributed by atoms with E-state index in [-0.39, 0.29) is 29.2 Å². The van der Waals surface area contributed by atoms with Gasteiger partial charge in [0.2, 0.25) is 0 Å². The lowest BCUT2D eigenvalue weighted by molar-refractivity contribution is 0.0694. The number of rotatable bonds is 6. The average molecular weight is 302 g/mol. The summed E-state index contributed by atoms with van der Waals surface area (Å²) in [6.45, 7) is -0.290. The van der Waals surface area contributed by atoms with Gasteiger partial charge < -0.3 is 19.7 Å². The van der Waals surface area contributed by atoms with Crippen LogP contribution in [0.25, 0.3) is 0 Å². The summed E-state index contributed by atoms with van der Waals surface area (Å²) < 4.78 is 10.8. The number of methoxy groups -OCH3 is 1. The Morgan fingerprint density at radius 1 is 1.23 bits per heavy atom. The number of carboxylic acid groups (broad SMARTS) is 1. The molecule has 0 aliphatic rings. The number of hydrogen-bond donors (Lipinski definition) is 2. The first-order valence-corrected chi connectivity index (χ1v) is 6.37. The summed E-state index contributed by atoms with van der Waals surface area (Å²) in [5.41, 5.74) is 0.529. The van der Waals surface area contributed by atoms with E-state index in [4.69, 9.17) is 9.47 Å². The van der Waals surface area contributed by atoms with Crippen molar-refractivity contribution in [3.63, 3.8) is 0 Å². The van der Waals surface area contributed by atoms with Crippen LogP contribution in [-0.4, -0.2) is 29.6 Å². The van der Waals surface area contributed by atoms with Crippen molar-refractivity contribution < 1.29 is 29.3 Å². The lowest BCUT2D eigenvalue weighted by Gasteiger charge is -2.15. The lowest BCUT2D eigenvalue weighted by atomic mass is 10.1. The molecule has 0 atom stereocenters. The molecule has 0 aromatic heterocycles. The van der Waals surface area contributed by atoms with Gasteiger partial charge in [-0.2, -0.15) is 0 Å². The number of carboxylic acids is 1. The second kappa shape index (κ2) is 6.73. The maximum absolute atomic E-state index is 11.3. The summed E-state index contributed by atoms with van der Waals surface area (Å²) in [6.07, 6.45) is 0.554. The van der Waals surface area contributed by atoms with E-state index in [0.29, 0.717) is 17.6 Å². The van der Waals surface area contributed by atoms with Gasteiger partial charge in [0.25, 0.3) is 0 Å². The Bertz CT molecular complexity index is 686. The molecular weight excluding hydrogens is 288 g/mol. The van der Waals surface area contributed by atoms with Gasteiger partial charge in [0.1, 0.15) is 17.6 Å². The average Bonchev–Trinajstić information content (AvgIpc) is 2.55. The summed E-state index contributed by atoms with van der Waals surface area (Å²) >= 11 is 0. The molecular formula is C16H14O6. The summed E-state index contributed by atoms with van der Waals surface area (Å²) in [5.74, 6) is -0.576. The van der Waals surface area contributed by atoms with Crippen LogP contribution >= 0.6 is 0 Å². The fourth-order valence-electron chi connectivity index (χ4n) is 1.95. The highest BCUT2D eigenvalue weighted by Gasteiger charge is 2.17. The highest BCUT2D eigenvalue weighted by atomic mass is 16.5. The summed E-state index contributed by atoms with van der Waals surface area (Å²) in [7, 11) is 1.44. The van der Waals surface area contributed by atoms with Gasteiger partial charge in [0.15, 0.2) is 11.5 Å². The van der Waals surface area contributed by atoms with Crippen molar-refractivity contribution in [1.82, 2.24) is 0 Å². The highest BCUT2D eigenvalue weighted by molar-refractivity contribution is 5.93. The van der Waals surface area contributed by atoms with E-state index in [1.165, 1.54) is 25.3 Å². The van der Waals surface area contributed by atoms with Gasteiger partial charge in [-0.15, -0.1) is 0 Å². The maximum Gasteiger partial charge on any atom is 0.339 e. The predicted molar refractivity (Wildman–Crippen MR) is 77.8 cm³/mol. The van der Waals surface area contributed by atoms with Gasteiger partial charge in [-0.05, 0) is 24.3 Å². The van der Waals surface area contributed by atoms with Crippen LogP contribution in [0.15, 0.2) is 36.4 Å². The van der Waals surface area contributed by atoms with E-state index >= 15 is 0 Å². The first kappa shape index (κ1) is 15.5. The molecule has 2 aromatic rings. The molecule has 0 bridgehead atoms. The lowest BCUT2D eigenvalue weighted by Crippen LogP contribution is -2.03. The zero-order valence-corrected chi connectivity index (χ0v) is 11.8. The van der Waals surface area contributed by atoms with E-state index < -0.39 is 5.97 Å². The standard InChI is InChI=1S/C16H14O6/c1-21-14-4-2-3-11(9-18)15(14)22-13-6-5-10(8-17)7-12(13)16(19)20/h2-8,18H,9H2,1H3,(H,19,20). The van der Waals surface area contributed by atoms with Gasteiger partial charge in [-0.3, -0.25) is 4.79 Å². The van der Waals surface area contributed by atoms with Crippen LogP contribution in [-0.2, 0) is 6.61 Å². The quantitative estimate of drug-likeness (QED) is 0.796. The molecule has 0 aliphatic carbocycles. The summed E-state index contributed by atoms with van der Waals surface area (Å²) in [5, 5.41) is 18.6. The highest BCUT2D eigenvalue weighted by Crippen LogP contribution is 2.36. The third-order valence-electron chi connectivity index (χ3n) is 3.03. The van der Waals surface area contributed by atoms with Crippen LogP contribution in [0.3, 0.4) is 0 Å². The number of carbonyl (C=O) groups excluding carboxylic acids is 1. The van der Waals surface area contributed by atoms with Crippen molar-refractivity contribution in [3.8, 4) is 17.2 Å². The molecule has 0 radical (unpaired) electrons. The number of carbonyl (C=O) groups is 2. The van der Waals surface area contributed by atoms with E-state index in [9.17, 15) is 19.8 Å². The Morgan fingerprint density at radius 2 is 2.00 bits per heavy atom. The second-order valence-corrected chi connectivity index (χ2v) is 4.39. The second-order valence-electron chi connectivity index (χ2n) is 4.39. The number of aldehydes is 1. The summed E-state index contributed by atoms with van der Waals surface area (Å²) in [6, 6.07) is 9.01. The van der Waals surface area contributed by atoms with Crippen LogP contribution in [0.1, 0.15) is 26.3 Å². The van der Waals surface area contributed by atoms with E-state index in [2.05, 4.69) is 0 Å². The number of para-hydroxylation sites is 1. The third kappa shape index (κ3) is 3.07. The minimum absolute atomic E-state index is 0.0531.